The molecule has 2 aromatic rings. The second-order valence-electron chi connectivity index (χ2n) is 3.55. The molecule has 0 aliphatic rings. The predicted octanol–water partition coefficient (Wildman–Crippen LogP) is 1.67. The molecule has 0 bridgehead atoms. The van der Waals surface area contributed by atoms with Gasteiger partial charge in [0.25, 0.3) is 0 Å². The zero-order valence-electron chi connectivity index (χ0n) is 10.6. The van der Waals surface area contributed by atoms with Crippen LogP contribution in [0.5, 0.6) is 11.8 Å². The summed E-state index contributed by atoms with van der Waals surface area (Å²) in [4.78, 5) is 11.7. The fraction of sp³-hybridized carbons (Fsp3) is 0.250. The van der Waals surface area contributed by atoms with Gasteiger partial charge in [-0.2, -0.15) is 15.0 Å². The van der Waals surface area contributed by atoms with Gasteiger partial charge in [-0.1, -0.05) is 6.07 Å². The molecule has 0 saturated heterocycles. The van der Waals surface area contributed by atoms with Gasteiger partial charge >= 0.3 is 6.01 Å². The van der Waals surface area contributed by atoms with Gasteiger partial charge in [-0.05, 0) is 19.1 Å². The number of aromatic nitrogens is 3. The molecule has 1 aromatic carbocycles. The largest absolute Gasteiger partial charge is 0.494 e. The summed E-state index contributed by atoms with van der Waals surface area (Å²) in [5, 5.41) is 0. The van der Waals surface area contributed by atoms with Crippen molar-refractivity contribution >= 4 is 5.95 Å². The summed E-state index contributed by atoms with van der Waals surface area (Å²) in [5.41, 5.74) is 5.73. The second kappa shape index (κ2) is 5.47. The highest BCUT2D eigenvalue weighted by atomic mass is 19.1. The summed E-state index contributed by atoms with van der Waals surface area (Å²) in [5.74, 6) is -0.379. The minimum absolute atomic E-state index is 0.0318. The molecule has 0 aliphatic heterocycles. The topological polar surface area (TPSA) is 83.2 Å². The standard InChI is InChI=1S/C12H13FN4O2/c1-3-19-12-16-10(15-11(14)17-12)7-5-4-6-8(18-2)9(7)13/h4-6H,3H2,1-2H3,(H2,14,15,16,17). The molecule has 0 radical (unpaired) electrons. The van der Waals surface area contributed by atoms with E-state index in [0.29, 0.717) is 6.61 Å². The number of rotatable bonds is 4. The molecule has 0 amide bonds. The zero-order chi connectivity index (χ0) is 13.8. The fourth-order valence-electron chi connectivity index (χ4n) is 1.53. The zero-order valence-corrected chi connectivity index (χ0v) is 10.6. The van der Waals surface area contributed by atoms with Gasteiger partial charge in [-0.15, -0.1) is 0 Å². The van der Waals surface area contributed by atoms with E-state index in [2.05, 4.69) is 15.0 Å². The smallest absolute Gasteiger partial charge is 0.321 e. The molecule has 1 heterocycles. The van der Waals surface area contributed by atoms with Crippen LogP contribution in [0.2, 0.25) is 0 Å². The lowest BCUT2D eigenvalue weighted by Crippen LogP contribution is -2.05. The van der Waals surface area contributed by atoms with Crippen molar-refractivity contribution in [1.29, 1.82) is 0 Å². The Balaban J connectivity index is 2.52. The summed E-state index contributed by atoms with van der Waals surface area (Å²) in [6.45, 7) is 2.16. The van der Waals surface area contributed by atoms with E-state index in [0.717, 1.165) is 0 Å². The maximum absolute atomic E-state index is 14.1. The summed E-state index contributed by atoms with van der Waals surface area (Å²) in [6.07, 6.45) is 0. The highest BCUT2D eigenvalue weighted by Gasteiger charge is 2.15. The van der Waals surface area contributed by atoms with Crippen molar-refractivity contribution in [3.63, 3.8) is 0 Å². The van der Waals surface area contributed by atoms with Crippen LogP contribution in [0.25, 0.3) is 11.4 Å². The lowest BCUT2D eigenvalue weighted by atomic mass is 10.2. The van der Waals surface area contributed by atoms with Crippen LogP contribution < -0.4 is 15.2 Å². The normalized spacial score (nSPS) is 10.3. The summed E-state index contributed by atoms with van der Waals surface area (Å²) in [7, 11) is 1.38. The number of nitrogen functional groups attached to an aromatic ring is 1. The molecule has 0 spiro atoms. The van der Waals surface area contributed by atoms with E-state index < -0.39 is 5.82 Å². The van der Waals surface area contributed by atoms with Crippen molar-refractivity contribution in [2.45, 2.75) is 6.92 Å². The van der Waals surface area contributed by atoms with Gasteiger partial charge in [0.05, 0.1) is 19.3 Å². The van der Waals surface area contributed by atoms with Crippen LogP contribution in [0.3, 0.4) is 0 Å². The van der Waals surface area contributed by atoms with Crippen molar-refractivity contribution in [3.8, 4) is 23.1 Å². The SMILES string of the molecule is CCOc1nc(N)nc(-c2cccc(OC)c2F)n1. The molecule has 0 aliphatic carbocycles. The highest BCUT2D eigenvalue weighted by molar-refractivity contribution is 5.59. The van der Waals surface area contributed by atoms with Gasteiger partial charge in [0.15, 0.2) is 17.4 Å². The number of anilines is 1. The van der Waals surface area contributed by atoms with E-state index in [1.165, 1.54) is 19.2 Å². The van der Waals surface area contributed by atoms with E-state index in [1.54, 1.807) is 13.0 Å². The molecule has 100 valence electrons. The molecule has 0 unspecified atom stereocenters. The van der Waals surface area contributed by atoms with Crippen molar-refractivity contribution in [2.24, 2.45) is 0 Å². The monoisotopic (exact) mass is 264 g/mol. The number of methoxy groups -OCH3 is 1. The number of halogens is 1. The molecule has 0 fully saturated rings. The number of hydrogen-bond donors (Lipinski definition) is 1. The molecule has 2 N–H and O–H groups in total. The molecule has 2 rings (SSSR count). The first kappa shape index (κ1) is 13.0. The summed E-state index contributed by atoms with van der Waals surface area (Å²) in [6, 6.07) is 4.74. The van der Waals surface area contributed by atoms with Crippen LogP contribution >= 0.6 is 0 Å². The molecule has 0 saturated carbocycles. The Labute approximate surface area is 109 Å². The van der Waals surface area contributed by atoms with Crippen LogP contribution in [-0.2, 0) is 0 Å². The molecule has 6 nitrogen and oxygen atoms in total. The predicted molar refractivity (Wildman–Crippen MR) is 67.4 cm³/mol. The van der Waals surface area contributed by atoms with Gasteiger partial charge in [0.2, 0.25) is 5.95 Å². The molecule has 19 heavy (non-hydrogen) atoms. The quantitative estimate of drug-likeness (QED) is 0.904. The third kappa shape index (κ3) is 2.70. The lowest BCUT2D eigenvalue weighted by molar-refractivity contribution is 0.312. The van der Waals surface area contributed by atoms with Gasteiger partial charge in [-0.25, -0.2) is 4.39 Å². The fourth-order valence-corrected chi connectivity index (χ4v) is 1.53. The summed E-state index contributed by atoms with van der Waals surface area (Å²) < 4.78 is 24.2. The van der Waals surface area contributed by atoms with Crippen molar-refractivity contribution in [3.05, 3.63) is 24.0 Å². The summed E-state index contributed by atoms with van der Waals surface area (Å²) >= 11 is 0. The van der Waals surface area contributed by atoms with Crippen LogP contribution in [0.1, 0.15) is 6.92 Å². The van der Waals surface area contributed by atoms with Crippen molar-refractivity contribution in [1.82, 2.24) is 15.0 Å². The second-order valence-corrected chi connectivity index (χ2v) is 3.55. The van der Waals surface area contributed by atoms with E-state index in [4.69, 9.17) is 15.2 Å². The Morgan fingerprint density at radius 3 is 2.74 bits per heavy atom. The molecular weight excluding hydrogens is 251 g/mol. The Morgan fingerprint density at radius 2 is 2.05 bits per heavy atom. The lowest BCUT2D eigenvalue weighted by Gasteiger charge is -2.08. The van der Waals surface area contributed by atoms with Crippen LogP contribution in [0.4, 0.5) is 10.3 Å². The average molecular weight is 264 g/mol. The molecule has 7 heteroatoms. The number of benzene rings is 1. The van der Waals surface area contributed by atoms with Crippen LogP contribution in [-0.4, -0.2) is 28.7 Å². The van der Waals surface area contributed by atoms with E-state index >= 15 is 0 Å². The average Bonchev–Trinajstić information content (AvgIpc) is 2.38. The van der Waals surface area contributed by atoms with E-state index in [1.807, 2.05) is 0 Å². The Hall–Kier alpha value is -2.44. The first-order chi connectivity index (χ1) is 9.15. The van der Waals surface area contributed by atoms with Crippen LogP contribution in [0.15, 0.2) is 18.2 Å². The first-order valence-electron chi connectivity index (χ1n) is 5.63. The van der Waals surface area contributed by atoms with Gasteiger partial charge in [0, 0.05) is 0 Å². The van der Waals surface area contributed by atoms with Gasteiger partial charge < -0.3 is 15.2 Å². The third-order valence-electron chi connectivity index (χ3n) is 2.33. The molecule has 0 atom stereocenters. The minimum Gasteiger partial charge on any atom is -0.494 e. The number of nitrogens with two attached hydrogens (primary N) is 1. The number of hydrogen-bond acceptors (Lipinski definition) is 6. The van der Waals surface area contributed by atoms with Crippen molar-refractivity contribution < 1.29 is 13.9 Å². The minimum atomic E-state index is -0.557. The molecular formula is C12H13FN4O2. The van der Waals surface area contributed by atoms with Crippen LogP contribution in [0, 0.1) is 5.82 Å². The van der Waals surface area contributed by atoms with Gasteiger partial charge in [-0.3, -0.25) is 0 Å². The van der Waals surface area contributed by atoms with Gasteiger partial charge in [0.1, 0.15) is 0 Å². The van der Waals surface area contributed by atoms with Crippen molar-refractivity contribution in [2.75, 3.05) is 19.5 Å². The maximum Gasteiger partial charge on any atom is 0.321 e. The Kier molecular flexibility index (Phi) is 3.74. The third-order valence-corrected chi connectivity index (χ3v) is 2.33. The Morgan fingerprint density at radius 1 is 1.26 bits per heavy atom. The molecule has 1 aromatic heterocycles. The number of nitrogens with zero attached hydrogens (tertiary/aromatic N) is 3. The number of ether oxygens (including phenoxy) is 2. The van der Waals surface area contributed by atoms with E-state index in [9.17, 15) is 4.39 Å². The highest BCUT2D eigenvalue weighted by Crippen LogP contribution is 2.27. The Bertz CT molecular complexity index is 592. The maximum atomic E-state index is 14.1. The first-order valence-corrected chi connectivity index (χ1v) is 5.63. The van der Waals surface area contributed by atoms with E-state index in [-0.39, 0.29) is 29.1 Å².